The van der Waals surface area contributed by atoms with Crippen LogP contribution in [0.1, 0.15) is 19.8 Å². The fraction of sp³-hybridized carbons (Fsp3) is 0.765. The summed E-state index contributed by atoms with van der Waals surface area (Å²) in [5.74, 6) is -2.26. The van der Waals surface area contributed by atoms with E-state index in [1.54, 1.807) is 14.2 Å². The van der Waals surface area contributed by atoms with Crippen LogP contribution in [-0.4, -0.2) is 63.9 Å². The number of unbranched alkanes of at least 4 members (excludes halogenated alkanes) is 1. The van der Waals surface area contributed by atoms with E-state index in [9.17, 15) is 0 Å². The molecule has 2 aliphatic heterocycles. The first-order valence-electron chi connectivity index (χ1n) is 8.20. The Bertz CT molecular complexity index is 446. The average molecular weight is 326 g/mol. The van der Waals surface area contributed by atoms with Crippen molar-refractivity contribution in [3.8, 4) is 0 Å². The minimum Gasteiger partial charge on any atom is -0.372 e. The number of methoxy groups -OCH3 is 2. The molecule has 3 aliphatic rings. The Balaban J connectivity index is 1.87. The van der Waals surface area contributed by atoms with Gasteiger partial charge in [0.05, 0.1) is 19.8 Å². The molecule has 0 aromatic rings. The van der Waals surface area contributed by atoms with Gasteiger partial charge in [0.2, 0.25) is 11.6 Å². The lowest BCUT2D eigenvalue weighted by Gasteiger charge is -2.46. The number of hydrogen-bond acceptors (Lipinski definition) is 6. The van der Waals surface area contributed by atoms with E-state index in [0.29, 0.717) is 19.8 Å². The molecule has 1 unspecified atom stereocenters. The number of ether oxygens (including phenoxy) is 6. The van der Waals surface area contributed by atoms with E-state index in [2.05, 4.69) is 6.92 Å². The van der Waals surface area contributed by atoms with Crippen LogP contribution < -0.4 is 0 Å². The Morgan fingerprint density at radius 3 is 2.00 bits per heavy atom. The molecule has 130 valence electrons. The van der Waals surface area contributed by atoms with Gasteiger partial charge in [0.1, 0.15) is 11.7 Å². The van der Waals surface area contributed by atoms with Gasteiger partial charge in [-0.2, -0.15) is 0 Å². The zero-order chi connectivity index (χ0) is 16.4. The number of fused-ring (bicyclic) bond motifs is 1. The van der Waals surface area contributed by atoms with Crippen molar-refractivity contribution < 1.29 is 28.4 Å². The van der Waals surface area contributed by atoms with Crippen LogP contribution in [0.15, 0.2) is 24.3 Å². The van der Waals surface area contributed by atoms with Crippen LogP contribution in [0.4, 0.5) is 0 Å². The normalized spacial score (nSPS) is 38.1. The van der Waals surface area contributed by atoms with Gasteiger partial charge in [-0.05, 0) is 30.7 Å². The molecule has 23 heavy (non-hydrogen) atoms. The maximum atomic E-state index is 5.96. The van der Waals surface area contributed by atoms with Crippen LogP contribution >= 0.6 is 0 Å². The first kappa shape index (κ1) is 17.1. The lowest BCUT2D eigenvalue weighted by molar-refractivity contribution is -0.389. The summed E-state index contributed by atoms with van der Waals surface area (Å²) in [6.45, 7) is 4.31. The van der Waals surface area contributed by atoms with Gasteiger partial charge in [0, 0.05) is 20.8 Å². The van der Waals surface area contributed by atoms with E-state index in [-0.39, 0.29) is 6.10 Å². The summed E-state index contributed by atoms with van der Waals surface area (Å²) in [6.07, 6.45) is 9.63. The average Bonchev–Trinajstić information content (AvgIpc) is 2.74. The molecule has 3 atom stereocenters. The predicted molar refractivity (Wildman–Crippen MR) is 83.0 cm³/mol. The van der Waals surface area contributed by atoms with Crippen molar-refractivity contribution in [1.29, 1.82) is 0 Å². The maximum Gasteiger partial charge on any atom is 0.248 e. The van der Waals surface area contributed by atoms with Crippen molar-refractivity contribution in [3.05, 3.63) is 24.3 Å². The second kappa shape index (κ2) is 6.63. The van der Waals surface area contributed by atoms with E-state index in [1.165, 1.54) is 0 Å². The zero-order valence-corrected chi connectivity index (χ0v) is 14.1. The van der Waals surface area contributed by atoms with E-state index >= 15 is 0 Å². The minimum absolute atomic E-state index is 0.0236. The lowest BCUT2D eigenvalue weighted by Crippen LogP contribution is -2.61. The zero-order valence-electron chi connectivity index (χ0n) is 14.1. The molecule has 3 rings (SSSR count). The Morgan fingerprint density at radius 1 is 0.957 bits per heavy atom. The van der Waals surface area contributed by atoms with Gasteiger partial charge in [-0.1, -0.05) is 13.3 Å². The summed E-state index contributed by atoms with van der Waals surface area (Å²) in [5.41, 5.74) is -0.616. The minimum atomic E-state index is -1.13. The maximum absolute atomic E-state index is 5.96. The van der Waals surface area contributed by atoms with Gasteiger partial charge < -0.3 is 28.4 Å². The highest BCUT2D eigenvalue weighted by atomic mass is 16.8. The summed E-state index contributed by atoms with van der Waals surface area (Å²) in [7, 11) is 3.16. The second-order valence-corrected chi connectivity index (χ2v) is 5.98. The van der Waals surface area contributed by atoms with Crippen LogP contribution in [0.25, 0.3) is 0 Å². The molecule has 2 heterocycles. The summed E-state index contributed by atoms with van der Waals surface area (Å²) in [4.78, 5) is 0. The van der Waals surface area contributed by atoms with Crippen LogP contribution in [0.3, 0.4) is 0 Å². The Hall–Kier alpha value is -0.760. The Morgan fingerprint density at radius 2 is 1.57 bits per heavy atom. The van der Waals surface area contributed by atoms with Crippen LogP contribution in [0.2, 0.25) is 0 Å². The fourth-order valence-corrected chi connectivity index (χ4v) is 3.19. The fourth-order valence-electron chi connectivity index (χ4n) is 3.19. The summed E-state index contributed by atoms with van der Waals surface area (Å²) >= 11 is 0. The number of hydrogen-bond donors (Lipinski definition) is 0. The van der Waals surface area contributed by atoms with Crippen LogP contribution in [0, 0.1) is 0 Å². The van der Waals surface area contributed by atoms with Crippen molar-refractivity contribution in [2.75, 3.05) is 40.6 Å². The van der Waals surface area contributed by atoms with Crippen molar-refractivity contribution in [2.45, 2.75) is 43.0 Å². The molecule has 0 amide bonds. The third-order valence-corrected chi connectivity index (χ3v) is 4.74. The van der Waals surface area contributed by atoms with Gasteiger partial charge in [0.15, 0.2) is 0 Å². The van der Waals surface area contributed by atoms with E-state index < -0.39 is 17.2 Å². The van der Waals surface area contributed by atoms with E-state index in [4.69, 9.17) is 28.4 Å². The molecule has 6 heteroatoms. The highest BCUT2D eigenvalue weighted by Crippen LogP contribution is 2.44. The largest absolute Gasteiger partial charge is 0.372 e. The van der Waals surface area contributed by atoms with Gasteiger partial charge in [-0.3, -0.25) is 0 Å². The SMILES string of the molecule is CCCCOC1COC12C=C[C@]1(OC)OCCO[C@@]1(OC)C=C2. The van der Waals surface area contributed by atoms with Crippen LogP contribution in [-0.2, 0) is 28.4 Å². The molecule has 0 radical (unpaired) electrons. The summed E-state index contributed by atoms with van der Waals surface area (Å²) < 4.78 is 34.9. The van der Waals surface area contributed by atoms with E-state index in [0.717, 1.165) is 19.4 Å². The first-order chi connectivity index (χ1) is 11.2. The number of rotatable bonds is 6. The third kappa shape index (κ3) is 2.67. The molecular formula is C17H26O6. The van der Waals surface area contributed by atoms with Gasteiger partial charge in [0.25, 0.3) is 0 Å². The predicted octanol–water partition coefficient (Wildman–Crippen LogP) is 1.80. The quantitative estimate of drug-likeness (QED) is 0.548. The molecule has 2 fully saturated rings. The standard InChI is InChI=1S/C17H26O6/c1-4-5-10-20-14-13-23-15(14)6-8-16(18-2)17(19-3,9-7-15)22-12-11-21-16/h6-9,14H,4-5,10-13H2,1-3H3/t14?,16-,17-/m0/s1. The summed E-state index contributed by atoms with van der Waals surface area (Å²) in [5, 5.41) is 0. The highest BCUT2D eigenvalue weighted by molar-refractivity contribution is 5.32. The smallest absolute Gasteiger partial charge is 0.248 e. The van der Waals surface area contributed by atoms with Gasteiger partial charge >= 0.3 is 0 Å². The molecule has 0 N–H and O–H groups in total. The monoisotopic (exact) mass is 326 g/mol. The first-order valence-corrected chi connectivity index (χ1v) is 8.20. The molecule has 0 bridgehead atoms. The molecule has 0 aromatic heterocycles. The van der Waals surface area contributed by atoms with Crippen LogP contribution in [0.5, 0.6) is 0 Å². The summed E-state index contributed by atoms with van der Waals surface area (Å²) in [6, 6.07) is 0. The van der Waals surface area contributed by atoms with Gasteiger partial charge in [-0.25, -0.2) is 0 Å². The van der Waals surface area contributed by atoms with Gasteiger partial charge in [-0.15, -0.1) is 0 Å². The van der Waals surface area contributed by atoms with Crippen molar-refractivity contribution in [2.24, 2.45) is 0 Å². The van der Waals surface area contributed by atoms with Crippen molar-refractivity contribution >= 4 is 0 Å². The molecular weight excluding hydrogens is 300 g/mol. The highest BCUT2D eigenvalue weighted by Gasteiger charge is 2.59. The Kier molecular flexibility index (Phi) is 4.92. The lowest BCUT2D eigenvalue weighted by atomic mass is 9.90. The molecule has 0 aromatic carbocycles. The van der Waals surface area contributed by atoms with Crippen molar-refractivity contribution in [1.82, 2.24) is 0 Å². The molecule has 1 spiro atoms. The van der Waals surface area contributed by atoms with Crippen molar-refractivity contribution in [3.63, 3.8) is 0 Å². The molecule has 2 saturated heterocycles. The third-order valence-electron chi connectivity index (χ3n) is 4.74. The molecule has 1 aliphatic carbocycles. The second-order valence-electron chi connectivity index (χ2n) is 5.98. The Labute approximate surface area is 137 Å². The topological polar surface area (TPSA) is 55.4 Å². The molecule has 0 saturated carbocycles. The van der Waals surface area contributed by atoms with E-state index in [1.807, 2.05) is 24.3 Å². The molecule has 6 nitrogen and oxygen atoms in total.